The summed E-state index contributed by atoms with van der Waals surface area (Å²) in [4.78, 5) is 2.24. The van der Waals surface area contributed by atoms with Gasteiger partial charge in [-0.15, -0.1) is 0 Å². The van der Waals surface area contributed by atoms with Gasteiger partial charge >= 0.3 is 0 Å². The van der Waals surface area contributed by atoms with Crippen LogP contribution in [0.1, 0.15) is 17.4 Å². The van der Waals surface area contributed by atoms with E-state index in [1.54, 1.807) is 18.4 Å². The van der Waals surface area contributed by atoms with Crippen LogP contribution in [0, 0.1) is 5.82 Å². The molecule has 0 bridgehead atoms. The molecule has 1 aromatic carbocycles. The highest BCUT2D eigenvalue weighted by atomic mass is 19.1. The van der Waals surface area contributed by atoms with Gasteiger partial charge in [0, 0.05) is 37.8 Å². The third-order valence-electron chi connectivity index (χ3n) is 3.83. The number of ether oxygens (including phenoxy) is 1. The van der Waals surface area contributed by atoms with Crippen LogP contribution in [0.2, 0.25) is 0 Å². The summed E-state index contributed by atoms with van der Waals surface area (Å²) in [6, 6.07) is 8.53. The average Bonchev–Trinajstić information content (AvgIpc) is 3.04. The minimum atomic E-state index is -0.269. The van der Waals surface area contributed by atoms with Crippen LogP contribution in [0.4, 0.5) is 4.39 Å². The van der Waals surface area contributed by atoms with Crippen molar-refractivity contribution >= 4 is 0 Å². The first-order chi connectivity index (χ1) is 10.3. The highest BCUT2D eigenvalue weighted by Crippen LogP contribution is 2.32. The van der Waals surface area contributed by atoms with Gasteiger partial charge < -0.3 is 14.5 Å². The molecule has 0 unspecified atom stereocenters. The predicted molar refractivity (Wildman–Crippen MR) is 77.9 cm³/mol. The lowest BCUT2D eigenvalue weighted by molar-refractivity contribution is 0.177. The summed E-state index contributed by atoms with van der Waals surface area (Å²) in [7, 11) is 1.54. The van der Waals surface area contributed by atoms with Gasteiger partial charge in [0.05, 0.1) is 19.4 Å². The van der Waals surface area contributed by atoms with E-state index < -0.39 is 0 Å². The zero-order chi connectivity index (χ0) is 14.7. The van der Waals surface area contributed by atoms with E-state index in [4.69, 9.17) is 9.15 Å². The van der Waals surface area contributed by atoms with Crippen LogP contribution in [0.3, 0.4) is 0 Å². The predicted octanol–water partition coefficient (Wildman–Crippen LogP) is 2.42. The van der Waals surface area contributed by atoms with Gasteiger partial charge in [0.1, 0.15) is 17.3 Å². The van der Waals surface area contributed by atoms with Gasteiger partial charge in [-0.1, -0.05) is 6.07 Å². The van der Waals surface area contributed by atoms with Crippen molar-refractivity contribution in [3.05, 3.63) is 53.7 Å². The van der Waals surface area contributed by atoms with Crippen molar-refractivity contribution in [1.82, 2.24) is 10.2 Å². The summed E-state index contributed by atoms with van der Waals surface area (Å²) >= 11 is 0. The molecule has 5 heteroatoms. The van der Waals surface area contributed by atoms with Crippen LogP contribution < -0.4 is 10.1 Å². The van der Waals surface area contributed by atoms with E-state index in [-0.39, 0.29) is 11.9 Å². The first kappa shape index (κ1) is 14.1. The van der Waals surface area contributed by atoms with Crippen molar-refractivity contribution in [3.63, 3.8) is 0 Å². The fourth-order valence-electron chi connectivity index (χ4n) is 2.77. The summed E-state index contributed by atoms with van der Waals surface area (Å²) in [6.07, 6.45) is 1.63. The van der Waals surface area contributed by atoms with Crippen LogP contribution in [0.15, 0.2) is 41.0 Å². The molecule has 0 radical (unpaired) electrons. The van der Waals surface area contributed by atoms with E-state index in [0.29, 0.717) is 11.3 Å². The van der Waals surface area contributed by atoms with Crippen LogP contribution in [0.5, 0.6) is 5.75 Å². The van der Waals surface area contributed by atoms with Crippen LogP contribution in [-0.2, 0) is 0 Å². The Morgan fingerprint density at radius 2 is 2.10 bits per heavy atom. The molecule has 3 rings (SSSR count). The number of hydrogen-bond donors (Lipinski definition) is 1. The van der Waals surface area contributed by atoms with Crippen molar-refractivity contribution in [2.75, 3.05) is 33.3 Å². The zero-order valence-electron chi connectivity index (χ0n) is 12.0. The number of methoxy groups -OCH3 is 1. The van der Waals surface area contributed by atoms with Gasteiger partial charge in [0.25, 0.3) is 0 Å². The third-order valence-corrected chi connectivity index (χ3v) is 3.83. The first-order valence-corrected chi connectivity index (χ1v) is 7.11. The van der Waals surface area contributed by atoms with Crippen LogP contribution >= 0.6 is 0 Å². The molecule has 2 aromatic rings. The number of rotatable bonds is 4. The zero-order valence-corrected chi connectivity index (χ0v) is 12.0. The van der Waals surface area contributed by atoms with E-state index in [2.05, 4.69) is 10.2 Å². The average molecular weight is 290 g/mol. The topological polar surface area (TPSA) is 37.6 Å². The lowest BCUT2D eigenvalue weighted by Crippen LogP contribution is -2.45. The van der Waals surface area contributed by atoms with Crippen LogP contribution in [-0.4, -0.2) is 38.2 Å². The Morgan fingerprint density at radius 3 is 2.71 bits per heavy atom. The largest absolute Gasteiger partial charge is 0.497 e. The second kappa shape index (κ2) is 6.28. The summed E-state index contributed by atoms with van der Waals surface area (Å²) in [6.45, 7) is 3.51. The molecular weight excluding hydrogens is 271 g/mol. The Bertz CT molecular complexity index is 580. The minimum absolute atomic E-state index is 0.201. The fourth-order valence-corrected chi connectivity index (χ4v) is 2.77. The third kappa shape index (κ3) is 2.94. The number of benzene rings is 1. The van der Waals surface area contributed by atoms with E-state index in [9.17, 15) is 4.39 Å². The second-order valence-electron chi connectivity index (χ2n) is 5.09. The number of hydrogen-bond acceptors (Lipinski definition) is 4. The molecule has 1 atom stereocenters. The lowest BCUT2D eigenvalue weighted by Gasteiger charge is -2.34. The van der Waals surface area contributed by atoms with Crippen molar-refractivity contribution in [1.29, 1.82) is 0 Å². The molecule has 0 amide bonds. The molecule has 0 spiro atoms. The molecule has 1 aliphatic heterocycles. The maximum atomic E-state index is 14.5. The standard InChI is InChI=1S/C16H19FN2O2/c1-20-12-4-5-13(14(17)11-12)16(15-3-2-10-21-15)19-8-6-18-7-9-19/h2-5,10-11,16,18H,6-9H2,1H3/t16-/m1/s1. The van der Waals surface area contributed by atoms with Crippen molar-refractivity contribution in [2.45, 2.75) is 6.04 Å². The summed E-state index contributed by atoms with van der Waals surface area (Å²) in [5.74, 6) is 1.02. The molecule has 1 aliphatic rings. The molecule has 21 heavy (non-hydrogen) atoms. The van der Waals surface area contributed by atoms with Gasteiger partial charge in [-0.3, -0.25) is 4.90 Å². The normalized spacial score (nSPS) is 17.6. The summed E-state index contributed by atoms with van der Waals surface area (Å²) in [5.41, 5.74) is 0.618. The van der Waals surface area contributed by atoms with E-state index in [0.717, 1.165) is 31.9 Å². The first-order valence-electron chi connectivity index (χ1n) is 7.11. The number of halogens is 1. The van der Waals surface area contributed by atoms with E-state index >= 15 is 0 Å². The molecule has 0 saturated carbocycles. The molecule has 1 N–H and O–H groups in total. The Kier molecular flexibility index (Phi) is 4.22. The fraction of sp³-hybridized carbons (Fsp3) is 0.375. The van der Waals surface area contributed by atoms with Crippen molar-refractivity contribution in [3.8, 4) is 5.75 Å². The highest BCUT2D eigenvalue weighted by molar-refractivity contribution is 5.34. The Morgan fingerprint density at radius 1 is 1.29 bits per heavy atom. The van der Waals surface area contributed by atoms with Crippen LogP contribution in [0.25, 0.3) is 0 Å². The maximum Gasteiger partial charge on any atom is 0.132 e. The quantitative estimate of drug-likeness (QED) is 0.938. The summed E-state index contributed by atoms with van der Waals surface area (Å²) < 4.78 is 25.1. The summed E-state index contributed by atoms with van der Waals surface area (Å²) in [5, 5.41) is 3.31. The Balaban J connectivity index is 1.98. The molecule has 1 fully saturated rings. The Labute approximate surface area is 123 Å². The van der Waals surface area contributed by atoms with Gasteiger partial charge in [0.15, 0.2) is 0 Å². The molecule has 4 nitrogen and oxygen atoms in total. The lowest BCUT2D eigenvalue weighted by atomic mass is 10.0. The number of piperazine rings is 1. The molecular formula is C16H19FN2O2. The molecule has 1 saturated heterocycles. The van der Waals surface area contributed by atoms with Gasteiger partial charge in [0.2, 0.25) is 0 Å². The van der Waals surface area contributed by atoms with Gasteiger partial charge in [-0.05, 0) is 18.2 Å². The van der Waals surface area contributed by atoms with Crippen molar-refractivity contribution in [2.24, 2.45) is 0 Å². The molecule has 1 aromatic heterocycles. The number of nitrogens with one attached hydrogen (secondary N) is 1. The van der Waals surface area contributed by atoms with Gasteiger partial charge in [-0.2, -0.15) is 0 Å². The smallest absolute Gasteiger partial charge is 0.132 e. The highest BCUT2D eigenvalue weighted by Gasteiger charge is 2.28. The van der Waals surface area contributed by atoms with Gasteiger partial charge in [-0.25, -0.2) is 4.39 Å². The second-order valence-corrected chi connectivity index (χ2v) is 5.09. The number of nitrogens with zero attached hydrogens (tertiary/aromatic N) is 1. The van der Waals surface area contributed by atoms with E-state index in [1.165, 1.54) is 13.2 Å². The SMILES string of the molecule is COc1ccc([C@H](c2ccco2)N2CCNCC2)c(F)c1. The van der Waals surface area contributed by atoms with Crippen molar-refractivity contribution < 1.29 is 13.5 Å². The monoisotopic (exact) mass is 290 g/mol. The van der Waals surface area contributed by atoms with E-state index in [1.807, 2.05) is 12.1 Å². The maximum absolute atomic E-state index is 14.5. The molecule has 2 heterocycles. The minimum Gasteiger partial charge on any atom is -0.497 e. The Hall–Kier alpha value is -1.85. The number of furan rings is 1. The molecule has 112 valence electrons. The molecule has 0 aliphatic carbocycles.